The number of pyridine rings is 1. The molecule has 25 heavy (non-hydrogen) atoms. The number of likely N-dealkylation sites (tertiary alicyclic amines) is 1. The molecule has 1 atom stereocenters. The van der Waals surface area contributed by atoms with E-state index >= 15 is 0 Å². The number of ether oxygens (including phenoxy) is 2. The number of rotatable bonds is 6. The number of aromatic nitrogens is 1. The van der Waals surface area contributed by atoms with Crippen LogP contribution in [0.15, 0.2) is 48.7 Å². The maximum Gasteiger partial charge on any atom is 0.228 e. The highest BCUT2D eigenvalue weighted by Gasteiger charge is 2.41. The van der Waals surface area contributed by atoms with Crippen LogP contribution in [0.3, 0.4) is 0 Å². The van der Waals surface area contributed by atoms with Crippen LogP contribution in [0.25, 0.3) is 0 Å². The molecule has 1 fully saturated rings. The quantitative estimate of drug-likeness (QED) is 0.811. The summed E-state index contributed by atoms with van der Waals surface area (Å²) in [4.78, 5) is 18.6. The Bertz CT molecular complexity index is 703. The van der Waals surface area contributed by atoms with Crippen molar-refractivity contribution in [3.8, 4) is 5.75 Å². The third-order valence-electron chi connectivity index (χ3n) is 4.68. The van der Waals surface area contributed by atoms with Crippen molar-refractivity contribution in [1.82, 2.24) is 9.88 Å². The van der Waals surface area contributed by atoms with E-state index in [-0.39, 0.29) is 5.91 Å². The van der Waals surface area contributed by atoms with E-state index in [0.717, 1.165) is 17.9 Å². The van der Waals surface area contributed by atoms with Crippen LogP contribution in [0.1, 0.15) is 17.7 Å². The summed E-state index contributed by atoms with van der Waals surface area (Å²) in [6.07, 6.45) is 2.80. The lowest BCUT2D eigenvalue weighted by Gasteiger charge is -2.28. The second-order valence-electron chi connectivity index (χ2n) is 6.55. The topological polar surface area (TPSA) is 51.7 Å². The van der Waals surface area contributed by atoms with Crippen LogP contribution in [0, 0.1) is 6.92 Å². The van der Waals surface area contributed by atoms with Crippen LogP contribution in [-0.2, 0) is 16.0 Å². The van der Waals surface area contributed by atoms with E-state index in [0.29, 0.717) is 26.1 Å². The Balaban J connectivity index is 1.58. The fraction of sp³-hybridized carbons (Fsp3) is 0.400. The number of amides is 1. The molecule has 3 rings (SSSR count). The molecule has 132 valence electrons. The smallest absolute Gasteiger partial charge is 0.228 e. The first kappa shape index (κ1) is 17.4. The summed E-state index contributed by atoms with van der Waals surface area (Å²) in [5, 5.41) is 0. The van der Waals surface area contributed by atoms with E-state index in [4.69, 9.17) is 9.47 Å². The summed E-state index contributed by atoms with van der Waals surface area (Å²) in [6.45, 7) is 3.69. The SMILES string of the molecule is CO[C@]1(COc2ccc(C)cc2)CCN(C(=O)Cc2ccccn2)C1. The number of carbonyl (C=O) groups excluding carboxylic acids is 1. The van der Waals surface area contributed by atoms with Crippen molar-refractivity contribution >= 4 is 5.91 Å². The number of benzene rings is 1. The predicted octanol–water partition coefficient (Wildman–Crippen LogP) is 2.63. The fourth-order valence-electron chi connectivity index (χ4n) is 3.02. The van der Waals surface area contributed by atoms with E-state index in [2.05, 4.69) is 4.98 Å². The first-order chi connectivity index (χ1) is 12.1. The van der Waals surface area contributed by atoms with Gasteiger partial charge in [-0.3, -0.25) is 9.78 Å². The van der Waals surface area contributed by atoms with E-state index < -0.39 is 5.60 Å². The zero-order chi connectivity index (χ0) is 17.7. The molecule has 0 radical (unpaired) electrons. The molecule has 2 heterocycles. The molecular formula is C20H24N2O3. The van der Waals surface area contributed by atoms with Crippen LogP contribution in [0.5, 0.6) is 5.75 Å². The highest BCUT2D eigenvalue weighted by molar-refractivity contribution is 5.78. The van der Waals surface area contributed by atoms with E-state index in [1.165, 1.54) is 5.56 Å². The predicted molar refractivity (Wildman–Crippen MR) is 95.6 cm³/mol. The molecule has 1 aliphatic heterocycles. The van der Waals surface area contributed by atoms with E-state index in [9.17, 15) is 4.79 Å². The van der Waals surface area contributed by atoms with Crippen LogP contribution in [-0.4, -0.2) is 48.2 Å². The van der Waals surface area contributed by atoms with Crippen LogP contribution in [0.4, 0.5) is 0 Å². The Morgan fingerprint density at radius 1 is 1.24 bits per heavy atom. The molecule has 1 amide bonds. The molecule has 0 bridgehead atoms. The van der Waals surface area contributed by atoms with Crippen molar-refractivity contribution in [2.24, 2.45) is 0 Å². The summed E-state index contributed by atoms with van der Waals surface area (Å²) in [7, 11) is 1.69. The minimum Gasteiger partial charge on any atom is -0.491 e. The molecule has 0 unspecified atom stereocenters. The van der Waals surface area contributed by atoms with Crippen molar-refractivity contribution in [1.29, 1.82) is 0 Å². The summed E-state index contributed by atoms with van der Waals surface area (Å²) in [5.41, 5.74) is 1.53. The lowest BCUT2D eigenvalue weighted by Crippen LogP contribution is -2.42. The molecule has 0 saturated carbocycles. The fourth-order valence-corrected chi connectivity index (χ4v) is 3.02. The minimum absolute atomic E-state index is 0.0768. The Labute approximate surface area is 148 Å². The second kappa shape index (κ2) is 7.66. The molecular weight excluding hydrogens is 316 g/mol. The molecule has 2 aromatic rings. The molecule has 1 aromatic carbocycles. The van der Waals surface area contributed by atoms with Gasteiger partial charge in [-0.05, 0) is 37.6 Å². The molecule has 0 aliphatic carbocycles. The van der Waals surface area contributed by atoms with Gasteiger partial charge in [0.15, 0.2) is 0 Å². The van der Waals surface area contributed by atoms with Crippen molar-refractivity contribution in [3.05, 3.63) is 59.9 Å². The molecule has 1 aliphatic rings. The average molecular weight is 340 g/mol. The standard InChI is InChI=1S/C20H24N2O3/c1-16-6-8-18(9-7-16)25-15-20(24-2)10-12-22(14-20)19(23)13-17-5-3-4-11-21-17/h3-9,11H,10,12-15H2,1-2H3/t20-/m1/s1. The Morgan fingerprint density at radius 3 is 2.72 bits per heavy atom. The van der Waals surface area contributed by atoms with Crippen LogP contribution in [0.2, 0.25) is 0 Å². The molecule has 5 nitrogen and oxygen atoms in total. The highest BCUT2D eigenvalue weighted by Crippen LogP contribution is 2.27. The summed E-state index contributed by atoms with van der Waals surface area (Å²) in [5.74, 6) is 0.897. The zero-order valence-corrected chi connectivity index (χ0v) is 14.8. The van der Waals surface area contributed by atoms with Crippen molar-refractivity contribution in [2.45, 2.75) is 25.4 Å². The molecule has 1 saturated heterocycles. The Hall–Kier alpha value is -2.40. The van der Waals surface area contributed by atoms with Gasteiger partial charge in [-0.2, -0.15) is 0 Å². The minimum atomic E-state index is -0.454. The first-order valence-corrected chi connectivity index (χ1v) is 8.52. The van der Waals surface area contributed by atoms with Gasteiger partial charge in [-0.15, -0.1) is 0 Å². The number of carbonyl (C=O) groups is 1. The Kier molecular flexibility index (Phi) is 5.34. The number of methoxy groups -OCH3 is 1. The third kappa shape index (κ3) is 4.37. The van der Waals surface area contributed by atoms with Crippen LogP contribution < -0.4 is 4.74 Å². The largest absolute Gasteiger partial charge is 0.491 e. The monoisotopic (exact) mass is 340 g/mol. The number of hydrogen-bond donors (Lipinski definition) is 0. The highest BCUT2D eigenvalue weighted by atomic mass is 16.5. The third-order valence-corrected chi connectivity index (χ3v) is 4.68. The molecule has 0 N–H and O–H groups in total. The maximum absolute atomic E-state index is 12.5. The van der Waals surface area contributed by atoms with E-state index in [1.54, 1.807) is 13.3 Å². The van der Waals surface area contributed by atoms with Crippen LogP contribution >= 0.6 is 0 Å². The van der Waals surface area contributed by atoms with Crippen molar-refractivity contribution < 1.29 is 14.3 Å². The van der Waals surface area contributed by atoms with Gasteiger partial charge < -0.3 is 14.4 Å². The normalized spacial score (nSPS) is 19.8. The van der Waals surface area contributed by atoms with E-state index in [1.807, 2.05) is 54.3 Å². The van der Waals surface area contributed by atoms with Gasteiger partial charge in [0.25, 0.3) is 0 Å². The number of hydrogen-bond acceptors (Lipinski definition) is 4. The lowest BCUT2D eigenvalue weighted by molar-refractivity contribution is -0.131. The Morgan fingerprint density at radius 2 is 2.04 bits per heavy atom. The number of nitrogens with zero attached hydrogens (tertiary/aromatic N) is 2. The lowest BCUT2D eigenvalue weighted by atomic mass is 10.0. The first-order valence-electron chi connectivity index (χ1n) is 8.52. The summed E-state index contributed by atoms with van der Waals surface area (Å²) < 4.78 is 11.7. The van der Waals surface area contributed by atoms with Gasteiger partial charge in [0.05, 0.1) is 13.0 Å². The molecule has 0 spiro atoms. The van der Waals surface area contributed by atoms with Gasteiger partial charge in [-0.25, -0.2) is 0 Å². The zero-order valence-electron chi connectivity index (χ0n) is 14.8. The molecule has 5 heteroatoms. The maximum atomic E-state index is 12.5. The van der Waals surface area contributed by atoms with Gasteiger partial charge in [0.1, 0.15) is 18.0 Å². The van der Waals surface area contributed by atoms with Gasteiger partial charge in [0.2, 0.25) is 5.91 Å². The second-order valence-corrected chi connectivity index (χ2v) is 6.55. The van der Waals surface area contributed by atoms with Crippen molar-refractivity contribution in [2.75, 3.05) is 26.8 Å². The number of aryl methyl sites for hydroxylation is 1. The van der Waals surface area contributed by atoms with Gasteiger partial charge in [-0.1, -0.05) is 23.8 Å². The summed E-state index contributed by atoms with van der Waals surface area (Å²) >= 11 is 0. The van der Waals surface area contributed by atoms with Crippen molar-refractivity contribution in [3.63, 3.8) is 0 Å². The molecule has 1 aromatic heterocycles. The summed E-state index contributed by atoms with van der Waals surface area (Å²) in [6, 6.07) is 13.6. The van der Waals surface area contributed by atoms with Gasteiger partial charge >= 0.3 is 0 Å². The average Bonchev–Trinajstić information content (AvgIpc) is 3.07. The van der Waals surface area contributed by atoms with Gasteiger partial charge in [0, 0.05) is 25.5 Å².